The predicted molar refractivity (Wildman–Crippen MR) is 121 cm³/mol. The Labute approximate surface area is 192 Å². The average molecular weight is 447 g/mol. The summed E-state index contributed by atoms with van der Waals surface area (Å²) in [5.41, 5.74) is 2.58. The van der Waals surface area contributed by atoms with Gasteiger partial charge in [0.1, 0.15) is 18.1 Å². The summed E-state index contributed by atoms with van der Waals surface area (Å²) in [4.78, 5) is 27.0. The van der Waals surface area contributed by atoms with Gasteiger partial charge in [0, 0.05) is 12.2 Å². The Balaban J connectivity index is 1.61. The molecule has 1 aromatic heterocycles. The molecule has 0 N–H and O–H groups in total. The van der Waals surface area contributed by atoms with Crippen LogP contribution in [0.2, 0.25) is 0 Å². The van der Waals surface area contributed by atoms with E-state index in [2.05, 4.69) is 5.16 Å². The first kappa shape index (κ1) is 23.5. The molecular weight excluding hydrogens is 422 g/mol. The summed E-state index contributed by atoms with van der Waals surface area (Å²) in [6.45, 7) is 5.69. The number of benzene rings is 2. The standard InChI is InChI=1S/C25H25N3O5/c1-17-23(18(2)33-27-17)16-31-22-12-10-20(11-13-22)25(30)32-19(3)24(29)28(15-7-14-26)21-8-5-4-6-9-21/h4-6,8-13,19H,7,15-16H2,1-3H3/t19-/m0/s1. The molecule has 33 heavy (non-hydrogen) atoms. The van der Waals surface area contributed by atoms with Crippen molar-refractivity contribution < 1.29 is 23.6 Å². The molecule has 3 rings (SSSR count). The zero-order valence-electron chi connectivity index (χ0n) is 18.8. The molecule has 0 fully saturated rings. The first-order valence-corrected chi connectivity index (χ1v) is 10.5. The van der Waals surface area contributed by atoms with Crippen molar-refractivity contribution in [1.82, 2.24) is 5.16 Å². The summed E-state index contributed by atoms with van der Waals surface area (Å²) in [6, 6.07) is 17.5. The van der Waals surface area contributed by atoms with E-state index in [9.17, 15) is 9.59 Å². The van der Waals surface area contributed by atoms with Gasteiger partial charge in [0.25, 0.3) is 5.91 Å². The van der Waals surface area contributed by atoms with Gasteiger partial charge in [-0.05, 0) is 57.2 Å². The van der Waals surface area contributed by atoms with Gasteiger partial charge in [0.15, 0.2) is 6.10 Å². The lowest BCUT2D eigenvalue weighted by molar-refractivity contribution is -0.126. The Morgan fingerprint density at radius 2 is 1.82 bits per heavy atom. The normalized spacial score (nSPS) is 11.3. The number of nitriles is 1. The SMILES string of the molecule is Cc1noc(C)c1COc1ccc(C(=O)O[C@@H](C)C(=O)N(CCC#N)c2ccccc2)cc1. The number of anilines is 1. The third kappa shape index (κ3) is 5.98. The Morgan fingerprint density at radius 1 is 1.12 bits per heavy atom. The molecule has 8 nitrogen and oxygen atoms in total. The quantitative estimate of drug-likeness (QED) is 0.449. The molecular formula is C25H25N3O5. The molecule has 0 aliphatic rings. The molecule has 1 amide bonds. The Hall–Kier alpha value is -4.12. The van der Waals surface area contributed by atoms with E-state index < -0.39 is 18.0 Å². The van der Waals surface area contributed by atoms with Crippen LogP contribution in [0.1, 0.15) is 40.7 Å². The fourth-order valence-electron chi connectivity index (χ4n) is 3.19. The van der Waals surface area contributed by atoms with Crippen LogP contribution >= 0.6 is 0 Å². The molecule has 170 valence electrons. The summed E-state index contributed by atoms with van der Waals surface area (Å²) in [5, 5.41) is 12.8. The molecule has 0 spiro atoms. The number of carbonyl (C=O) groups excluding carboxylic acids is 2. The topological polar surface area (TPSA) is 106 Å². The molecule has 2 aromatic carbocycles. The first-order valence-electron chi connectivity index (χ1n) is 10.5. The molecule has 0 saturated carbocycles. The van der Waals surface area contributed by atoms with Crippen molar-refractivity contribution in [2.45, 2.75) is 39.9 Å². The van der Waals surface area contributed by atoms with Crippen LogP contribution in [-0.2, 0) is 16.1 Å². The summed E-state index contributed by atoms with van der Waals surface area (Å²) < 4.78 is 16.3. The number of carbonyl (C=O) groups is 2. The van der Waals surface area contributed by atoms with E-state index in [1.807, 2.05) is 26.0 Å². The number of rotatable bonds is 9. The van der Waals surface area contributed by atoms with Crippen molar-refractivity contribution >= 4 is 17.6 Å². The minimum atomic E-state index is -1.02. The van der Waals surface area contributed by atoms with Gasteiger partial charge in [-0.1, -0.05) is 23.4 Å². The molecule has 0 aliphatic carbocycles. The molecule has 1 heterocycles. The molecule has 3 aromatic rings. The van der Waals surface area contributed by atoms with Crippen molar-refractivity contribution in [3.05, 3.63) is 77.2 Å². The lowest BCUT2D eigenvalue weighted by Gasteiger charge is -2.25. The van der Waals surface area contributed by atoms with E-state index in [1.165, 1.54) is 11.8 Å². The van der Waals surface area contributed by atoms with E-state index in [4.69, 9.17) is 19.3 Å². The van der Waals surface area contributed by atoms with Gasteiger partial charge < -0.3 is 18.9 Å². The summed E-state index contributed by atoms with van der Waals surface area (Å²) >= 11 is 0. The van der Waals surface area contributed by atoms with Crippen LogP contribution in [0.25, 0.3) is 0 Å². The Morgan fingerprint density at radius 3 is 2.42 bits per heavy atom. The minimum Gasteiger partial charge on any atom is -0.489 e. The van der Waals surface area contributed by atoms with Crippen LogP contribution in [0.5, 0.6) is 5.75 Å². The van der Waals surface area contributed by atoms with Crippen LogP contribution in [0, 0.1) is 25.2 Å². The van der Waals surface area contributed by atoms with Crippen LogP contribution in [0.4, 0.5) is 5.69 Å². The third-order valence-electron chi connectivity index (χ3n) is 5.07. The second kappa shape index (κ2) is 11.0. The molecule has 0 bridgehead atoms. The van der Waals surface area contributed by atoms with Crippen LogP contribution in [0.15, 0.2) is 59.1 Å². The average Bonchev–Trinajstić information content (AvgIpc) is 3.15. The number of nitrogens with zero attached hydrogens (tertiary/aromatic N) is 3. The van der Waals surface area contributed by atoms with Crippen molar-refractivity contribution in [3.63, 3.8) is 0 Å². The van der Waals surface area contributed by atoms with Gasteiger partial charge in [-0.15, -0.1) is 0 Å². The molecule has 0 saturated heterocycles. The van der Waals surface area contributed by atoms with Crippen molar-refractivity contribution in [1.29, 1.82) is 5.26 Å². The molecule has 0 radical (unpaired) electrons. The molecule has 0 unspecified atom stereocenters. The minimum absolute atomic E-state index is 0.163. The number of amides is 1. The van der Waals surface area contributed by atoms with Gasteiger partial charge in [0.05, 0.1) is 29.3 Å². The van der Waals surface area contributed by atoms with E-state index in [1.54, 1.807) is 48.5 Å². The van der Waals surface area contributed by atoms with Crippen LogP contribution < -0.4 is 9.64 Å². The number of aryl methyl sites for hydroxylation is 2. The molecule has 0 aliphatic heterocycles. The fourth-order valence-corrected chi connectivity index (χ4v) is 3.19. The summed E-state index contributed by atoms with van der Waals surface area (Å²) in [5.74, 6) is 0.249. The van der Waals surface area contributed by atoms with Crippen molar-refractivity contribution in [2.75, 3.05) is 11.4 Å². The van der Waals surface area contributed by atoms with E-state index in [0.29, 0.717) is 29.4 Å². The smallest absolute Gasteiger partial charge is 0.338 e. The third-order valence-corrected chi connectivity index (χ3v) is 5.07. The maximum absolute atomic E-state index is 12.9. The Kier molecular flexibility index (Phi) is 7.82. The number of ether oxygens (including phenoxy) is 2. The number of hydrogen-bond donors (Lipinski definition) is 0. The maximum atomic E-state index is 12.9. The predicted octanol–water partition coefficient (Wildman–Crippen LogP) is 4.36. The van der Waals surface area contributed by atoms with Gasteiger partial charge in [0.2, 0.25) is 0 Å². The van der Waals surface area contributed by atoms with Gasteiger partial charge in [-0.25, -0.2) is 4.79 Å². The highest BCUT2D eigenvalue weighted by molar-refractivity contribution is 5.99. The van der Waals surface area contributed by atoms with Crippen molar-refractivity contribution in [3.8, 4) is 11.8 Å². The van der Waals surface area contributed by atoms with E-state index >= 15 is 0 Å². The fraction of sp³-hybridized carbons (Fsp3) is 0.280. The highest BCUT2D eigenvalue weighted by atomic mass is 16.5. The van der Waals surface area contributed by atoms with Gasteiger partial charge in [-0.3, -0.25) is 4.79 Å². The largest absolute Gasteiger partial charge is 0.489 e. The Bertz CT molecular complexity index is 1110. The van der Waals surface area contributed by atoms with E-state index in [0.717, 1.165) is 11.3 Å². The second-order valence-corrected chi connectivity index (χ2v) is 7.40. The first-order chi connectivity index (χ1) is 15.9. The van der Waals surface area contributed by atoms with Gasteiger partial charge in [-0.2, -0.15) is 5.26 Å². The van der Waals surface area contributed by atoms with Gasteiger partial charge >= 0.3 is 5.97 Å². The van der Waals surface area contributed by atoms with Crippen LogP contribution in [-0.4, -0.2) is 29.7 Å². The lowest BCUT2D eigenvalue weighted by Crippen LogP contribution is -2.40. The van der Waals surface area contributed by atoms with Crippen LogP contribution in [0.3, 0.4) is 0 Å². The zero-order chi connectivity index (χ0) is 23.8. The molecule has 1 atom stereocenters. The monoisotopic (exact) mass is 447 g/mol. The number of esters is 1. The second-order valence-electron chi connectivity index (χ2n) is 7.40. The highest BCUT2D eigenvalue weighted by Crippen LogP contribution is 2.20. The van der Waals surface area contributed by atoms with Crippen molar-refractivity contribution in [2.24, 2.45) is 0 Å². The number of aromatic nitrogens is 1. The maximum Gasteiger partial charge on any atom is 0.338 e. The number of hydrogen-bond acceptors (Lipinski definition) is 7. The number of para-hydroxylation sites is 1. The zero-order valence-corrected chi connectivity index (χ0v) is 18.8. The van der Waals surface area contributed by atoms with E-state index in [-0.39, 0.29) is 13.0 Å². The summed E-state index contributed by atoms with van der Waals surface area (Å²) in [7, 11) is 0. The summed E-state index contributed by atoms with van der Waals surface area (Å²) in [6.07, 6.45) is -0.858. The highest BCUT2D eigenvalue weighted by Gasteiger charge is 2.25. The molecule has 8 heteroatoms. The lowest BCUT2D eigenvalue weighted by atomic mass is 10.2.